The van der Waals surface area contributed by atoms with Crippen LogP contribution in [0.1, 0.15) is 65.5 Å². The predicted molar refractivity (Wildman–Crippen MR) is 214 cm³/mol. The molecule has 7 atom stereocenters. The standard InChI is InChI=1S/C32H52N7O17P3S/c1-4-5-6-7-8-9-10-11-12-23(41)60-16-15-34-22(40)13-14-35-30(44)27(43)32(2,3)18-53-59(50,51)56-58(48,49)52-17-21-26(55-57(45,46)47)25(42)31(54-21)39-20-38-24-28(33)36-19-37-29(24)39/h9-12,19-21,25-27,31,42-43H,4-8,13-18H2,1-3H3,(H,34,40)(H,35,44)(H,48,49)(H,50,51)(H2,33,36,37)(H2,45,46,47)/b10-9-,12-11+/t21-,25-,26-,27+,31-/m1/s1. The van der Waals surface area contributed by atoms with Gasteiger partial charge in [0.2, 0.25) is 16.9 Å². The molecule has 1 aliphatic rings. The zero-order chi connectivity index (χ0) is 44.7. The number of nitrogen functional groups attached to an aromatic ring is 1. The van der Waals surface area contributed by atoms with E-state index in [0.717, 1.165) is 41.8 Å². The van der Waals surface area contributed by atoms with Crippen LogP contribution in [-0.2, 0) is 50.7 Å². The Kier molecular flexibility index (Phi) is 20.1. The quantitative estimate of drug-likeness (QED) is 0.0281. The SMILES string of the molecule is CCCCCC/C=C\C=C\C(=O)SCCNC(=O)CCNC(=O)[C@H](O)C(C)(C)COP(=O)(O)OP(=O)(O)OC[C@H]1O[C@@H](n2cnc3c(N)ncnc32)[C@H](O)[C@@H]1OP(=O)(O)O. The fraction of sp³-hybridized carbons (Fsp3) is 0.625. The van der Waals surface area contributed by atoms with Gasteiger partial charge in [0.25, 0.3) is 0 Å². The molecule has 1 fully saturated rings. The highest BCUT2D eigenvalue weighted by molar-refractivity contribution is 8.14. The Labute approximate surface area is 349 Å². The number of nitrogens with zero attached hydrogens (tertiary/aromatic N) is 4. The summed E-state index contributed by atoms with van der Waals surface area (Å²) in [6, 6.07) is 0. The van der Waals surface area contributed by atoms with Crippen molar-refractivity contribution in [1.29, 1.82) is 0 Å². The van der Waals surface area contributed by atoms with Gasteiger partial charge in [-0.1, -0.05) is 70.0 Å². The summed E-state index contributed by atoms with van der Waals surface area (Å²) in [5.41, 5.74) is 4.26. The van der Waals surface area contributed by atoms with Crippen molar-refractivity contribution in [3.05, 3.63) is 37.0 Å². The van der Waals surface area contributed by atoms with E-state index < -0.39 is 84.6 Å². The molecule has 10 N–H and O–H groups in total. The molecule has 2 amide bonds. The number of aromatic nitrogens is 4. The monoisotopic (exact) mass is 931 g/mol. The maximum absolute atomic E-state index is 12.7. The Morgan fingerprint density at radius 3 is 2.45 bits per heavy atom. The number of hydrogen-bond donors (Lipinski definition) is 9. The number of rotatable bonds is 26. The summed E-state index contributed by atoms with van der Waals surface area (Å²) in [6.07, 6.45) is 5.60. The fourth-order valence-electron chi connectivity index (χ4n) is 5.33. The third kappa shape index (κ3) is 17.1. The summed E-state index contributed by atoms with van der Waals surface area (Å²) in [5, 5.41) is 26.3. The van der Waals surface area contributed by atoms with Crippen molar-refractivity contribution in [2.75, 3.05) is 37.8 Å². The van der Waals surface area contributed by atoms with E-state index in [9.17, 15) is 57.9 Å². The number of ether oxygens (including phenoxy) is 1. The van der Waals surface area contributed by atoms with Gasteiger partial charge in [-0.25, -0.2) is 28.6 Å². The van der Waals surface area contributed by atoms with E-state index in [2.05, 4.69) is 41.3 Å². The van der Waals surface area contributed by atoms with Gasteiger partial charge >= 0.3 is 23.5 Å². The Morgan fingerprint density at radius 1 is 1.03 bits per heavy atom. The number of unbranched alkanes of at least 4 members (excludes halogenated alkanes) is 4. The Balaban J connectivity index is 1.42. The van der Waals surface area contributed by atoms with E-state index in [0.29, 0.717) is 5.75 Å². The minimum atomic E-state index is -5.57. The van der Waals surface area contributed by atoms with Gasteiger partial charge in [-0.2, -0.15) is 4.31 Å². The maximum Gasteiger partial charge on any atom is 0.481 e. The van der Waals surface area contributed by atoms with Crippen LogP contribution in [0.5, 0.6) is 0 Å². The number of aliphatic hydroxyl groups excluding tert-OH is 2. The van der Waals surface area contributed by atoms with Gasteiger partial charge in [0, 0.05) is 30.7 Å². The second-order valence-electron chi connectivity index (χ2n) is 13.9. The van der Waals surface area contributed by atoms with E-state index in [4.69, 9.17) is 19.5 Å². The van der Waals surface area contributed by atoms with Gasteiger partial charge in [-0.3, -0.25) is 32.5 Å². The smallest absolute Gasteiger partial charge is 0.386 e. The minimum absolute atomic E-state index is 0.0302. The summed E-state index contributed by atoms with van der Waals surface area (Å²) >= 11 is 1.02. The molecule has 0 spiro atoms. The number of phosphoric ester groups is 3. The molecule has 3 heterocycles. The minimum Gasteiger partial charge on any atom is -0.386 e. The van der Waals surface area contributed by atoms with Gasteiger partial charge in [0.15, 0.2) is 17.7 Å². The summed E-state index contributed by atoms with van der Waals surface area (Å²) in [7, 11) is -16.4. The van der Waals surface area contributed by atoms with Gasteiger partial charge < -0.3 is 50.9 Å². The number of thioether (sulfide) groups is 1. The molecule has 2 aromatic rings. The molecule has 24 nitrogen and oxygen atoms in total. The largest absolute Gasteiger partial charge is 0.481 e. The van der Waals surface area contributed by atoms with Crippen LogP contribution in [0.2, 0.25) is 0 Å². The number of amides is 2. The third-order valence-corrected chi connectivity index (χ3v) is 12.4. The average Bonchev–Trinajstić information content (AvgIpc) is 3.72. The number of imidazole rings is 1. The number of nitrogens with one attached hydrogen (secondary N) is 2. The zero-order valence-electron chi connectivity index (χ0n) is 32.9. The summed E-state index contributed by atoms with van der Waals surface area (Å²) < 4.78 is 62.2. The van der Waals surface area contributed by atoms with Crippen LogP contribution in [0.3, 0.4) is 0 Å². The Morgan fingerprint density at radius 2 is 1.75 bits per heavy atom. The van der Waals surface area contributed by atoms with Crippen molar-refractivity contribution >= 4 is 69.1 Å². The Bertz CT molecular complexity index is 1960. The zero-order valence-corrected chi connectivity index (χ0v) is 36.4. The molecule has 0 radical (unpaired) electrons. The van der Waals surface area contributed by atoms with Crippen LogP contribution < -0.4 is 16.4 Å². The molecule has 0 bridgehead atoms. The van der Waals surface area contributed by atoms with Crippen molar-refractivity contribution < 1.29 is 80.5 Å². The van der Waals surface area contributed by atoms with E-state index >= 15 is 0 Å². The lowest BCUT2D eigenvalue weighted by Crippen LogP contribution is -2.46. The molecular formula is C32H52N7O17P3S. The molecular weight excluding hydrogens is 879 g/mol. The number of carbonyl (C=O) groups is 3. The van der Waals surface area contributed by atoms with Crippen LogP contribution in [0.4, 0.5) is 5.82 Å². The molecule has 0 saturated carbocycles. The van der Waals surface area contributed by atoms with Crippen LogP contribution in [0.15, 0.2) is 37.0 Å². The lowest BCUT2D eigenvalue weighted by Gasteiger charge is -2.30. The van der Waals surface area contributed by atoms with Gasteiger partial charge in [0.05, 0.1) is 19.5 Å². The molecule has 1 saturated heterocycles. The first-order chi connectivity index (χ1) is 28.1. The average molecular weight is 932 g/mol. The second kappa shape index (κ2) is 23.5. The van der Waals surface area contributed by atoms with E-state index in [1.807, 2.05) is 12.2 Å². The molecule has 0 aromatic carbocycles. The number of fused-ring (bicyclic) bond motifs is 1. The van der Waals surface area contributed by atoms with Gasteiger partial charge in [-0.15, -0.1) is 0 Å². The maximum atomic E-state index is 12.7. The highest BCUT2D eigenvalue weighted by Gasteiger charge is 2.50. The molecule has 0 aliphatic carbocycles. The van der Waals surface area contributed by atoms with Crippen LogP contribution >= 0.6 is 35.2 Å². The number of phosphoric acid groups is 3. The van der Waals surface area contributed by atoms with E-state index in [1.165, 1.54) is 39.2 Å². The summed E-state index contributed by atoms with van der Waals surface area (Å²) in [4.78, 5) is 87.7. The van der Waals surface area contributed by atoms with Crippen molar-refractivity contribution in [3.8, 4) is 0 Å². The predicted octanol–water partition coefficient (Wildman–Crippen LogP) is 1.75. The normalized spacial score (nSPS) is 21.3. The van der Waals surface area contributed by atoms with Crippen molar-refractivity contribution in [3.63, 3.8) is 0 Å². The first-order valence-corrected chi connectivity index (χ1v) is 24.0. The van der Waals surface area contributed by atoms with Gasteiger partial charge in [0.1, 0.15) is 36.3 Å². The van der Waals surface area contributed by atoms with E-state index in [-0.39, 0.29) is 41.6 Å². The number of allylic oxidation sites excluding steroid dienone is 3. The fourth-order valence-corrected chi connectivity index (χ4v) is 8.74. The summed E-state index contributed by atoms with van der Waals surface area (Å²) in [6.45, 7) is 2.62. The molecule has 338 valence electrons. The number of aliphatic hydroxyl groups is 2. The highest BCUT2D eigenvalue weighted by atomic mass is 32.2. The van der Waals surface area contributed by atoms with Crippen LogP contribution in [0, 0.1) is 5.41 Å². The van der Waals surface area contributed by atoms with Crippen LogP contribution in [0.25, 0.3) is 11.2 Å². The molecule has 60 heavy (non-hydrogen) atoms. The highest BCUT2D eigenvalue weighted by Crippen LogP contribution is 2.61. The lowest BCUT2D eigenvalue weighted by atomic mass is 9.87. The van der Waals surface area contributed by atoms with Crippen molar-refractivity contribution in [2.45, 2.75) is 89.9 Å². The van der Waals surface area contributed by atoms with E-state index in [1.54, 1.807) is 6.08 Å². The molecule has 2 unspecified atom stereocenters. The molecule has 2 aromatic heterocycles. The number of anilines is 1. The Hall–Kier alpha value is -2.96. The molecule has 1 aliphatic heterocycles. The number of hydrogen-bond acceptors (Lipinski definition) is 18. The number of nitrogens with two attached hydrogens (primary N) is 1. The number of carbonyl (C=O) groups excluding carboxylic acids is 3. The molecule has 28 heteroatoms. The lowest BCUT2D eigenvalue weighted by molar-refractivity contribution is -0.137. The first kappa shape index (κ1) is 51.4. The topological polar surface area (TPSA) is 364 Å². The summed E-state index contributed by atoms with van der Waals surface area (Å²) in [5.74, 6) is -1.15. The second-order valence-corrected chi connectivity index (χ2v) is 19.2. The van der Waals surface area contributed by atoms with Crippen molar-refractivity contribution in [2.24, 2.45) is 5.41 Å². The van der Waals surface area contributed by atoms with Gasteiger partial charge in [-0.05, 0) is 18.9 Å². The van der Waals surface area contributed by atoms with Crippen molar-refractivity contribution in [1.82, 2.24) is 30.2 Å². The molecule has 3 rings (SSSR count). The first-order valence-electron chi connectivity index (χ1n) is 18.4. The third-order valence-electron chi connectivity index (χ3n) is 8.45. The van der Waals surface area contributed by atoms with Crippen LogP contribution in [-0.4, -0.2) is 123 Å².